The lowest BCUT2D eigenvalue weighted by molar-refractivity contribution is 0.0514. The number of hydrogen-bond acceptors (Lipinski definition) is 8. The second-order valence-electron chi connectivity index (χ2n) is 7.91. The van der Waals surface area contributed by atoms with Crippen molar-refractivity contribution in [3.8, 4) is 5.75 Å². The van der Waals surface area contributed by atoms with E-state index in [4.69, 9.17) is 19.9 Å². The topological polar surface area (TPSA) is 117 Å². The van der Waals surface area contributed by atoms with Crippen LogP contribution in [-0.2, 0) is 15.9 Å². The van der Waals surface area contributed by atoms with Crippen LogP contribution in [0.4, 0.5) is 10.7 Å². The number of anilines is 2. The molecule has 1 amide bonds. The maximum absolute atomic E-state index is 13.0. The van der Waals surface area contributed by atoms with E-state index in [-0.39, 0.29) is 34.2 Å². The number of thiophene rings is 1. The highest BCUT2D eigenvalue weighted by atomic mass is 32.1. The van der Waals surface area contributed by atoms with Crippen LogP contribution in [0.1, 0.15) is 61.8 Å². The van der Waals surface area contributed by atoms with Crippen LogP contribution < -0.4 is 15.8 Å². The molecule has 0 fully saturated rings. The van der Waals surface area contributed by atoms with Crippen LogP contribution in [0.25, 0.3) is 0 Å². The van der Waals surface area contributed by atoms with Crippen molar-refractivity contribution in [1.29, 1.82) is 0 Å². The Labute approximate surface area is 214 Å². The summed E-state index contributed by atoms with van der Waals surface area (Å²) in [6, 6.07) is 14.4. The van der Waals surface area contributed by atoms with Crippen molar-refractivity contribution >= 4 is 39.9 Å². The summed E-state index contributed by atoms with van der Waals surface area (Å²) < 4.78 is 16.2. The predicted octanol–water partition coefficient (Wildman–Crippen LogP) is 5.26. The highest BCUT2D eigenvalue weighted by Gasteiger charge is 2.27. The molecule has 0 aliphatic carbocycles. The summed E-state index contributed by atoms with van der Waals surface area (Å²) in [5.41, 5.74) is 8.19. The van der Waals surface area contributed by atoms with Gasteiger partial charge in [-0.15, -0.1) is 11.3 Å². The number of hydrogen-bond donors (Lipinski definition) is 2. The Morgan fingerprint density at radius 3 is 2.39 bits per heavy atom. The number of benzene rings is 2. The Hall–Kier alpha value is -3.85. The van der Waals surface area contributed by atoms with Gasteiger partial charge < -0.3 is 25.3 Å². The number of carbonyl (C=O) groups excluding carboxylic acids is 3. The standard InChI is InChI=1S/C27H30N2O6S/c1-4-14-34-21-12-11-19(16-20(21)28)24(30)29-25-22(26(31)33-5-2)17(3)23(36-25)27(32)35-15-13-18-9-7-6-8-10-18/h6-12,16H,4-5,13-15,28H2,1-3H3,(H,29,30). The molecule has 1 heterocycles. The maximum Gasteiger partial charge on any atom is 0.348 e. The van der Waals surface area contributed by atoms with Crippen molar-refractivity contribution in [3.05, 3.63) is 75.7 Å². The fraction of sp³-hybridized carbons (Fsp3) is 0.296. The minimum Gasteiger partial charge on any atom is -0.491 e. The van der Waals surface area contributed by atoms with Crippen molar-refractivity contribution in [2.75, 3.05) is 30.9 Å². The molecular weight excluding hydrogens is 480 g/mol. The molecule has 3 aromatic rings. The number of nitrogens with one attached hydrogen (secondary N) is 1. The summed E-state index contributed by atoms with van der Waals surface area (Å²) in [7, 11) is 0. The molecule has 0 bridgehead atoms. The minimum absolute atomic E-state index is 0.126. The minimum atomic E-state index is -0.632. The average molecular weight is 511 g/mol. The Balaban J connectivity index is 1.80. The molecule has 190 valence electrons. The van der Waals surface area contributed by atoms with Crippen LogP contribution in [-0.4, -0.2) is 37.7 Å². The van der Waals surface area contributed by atoms with E-state index in [0.717, 1.165) is 23.3 Å². The fourth-order valence-electron chi connectivity index (χ4n) is 3.43. The first-order chi connectivity index (χ1) is 17.3. The van der Waals surface area contributed by atoms with E-state index in [2.05, 4.69) is 5.32 Å². The molecule has 2 aromatic carbocycles. The van der Waals surface area contributed by atoms with Crippen molar-refractivity contribution in [2.24, 2.45) is 0 Å². The van der Waals surface area contributed by atoms with E-state index in [0.29, 0.717) is 30.0 Å². The monoisotopic (exact) mass is 510 g/mol. The van der Waals surface area contributed by atoms with Gasteiger partial charge in [0.1, 0.15) is 15.6 Å². The first-order valence-electron chi connectivity index (χ1n) is 11.7. The number of nitrogen functional groups attached to an aromatic ring is 1. The van der Waals surface area contributed by atoms with Crippen LogP contribution in [0, 0.1) is 6.92 Å². The van der Waals surface area contributed by atoms with Crippen molar-refractivity contribution in [3.63, 3.8) is 0 Å². The first kappa shape index (κ1) is 26.7. The van der Waals surface area contributed by atoms with Gasteiger partial charge in [-0.2, -0.15) is 0 Å². The van der Waals surface area contributed by atoms with Gasteiger partial charge >= 0.3 is 11.9 Å². The van der Waals surface area contributed by atoms with E-state index in [1.807, 2.05) is 37.3 Å². The van der Waals surface area contributed by atoms with Crippen molar-refractivity contribution in [2.45, 2.75) is 33.6 Å². The molecule has 3 rings (SSSR count). The summed E-state index contributed by atoms with van der Waals surface area (Å²) in [6.45, 7) is 6.13. The van der Waals surface area contributed by atoms with Gasteiger partial charge in [-0.25, -0.2) is 9.59 Å². The highest BCUT2D eigenvalue weighted by molar-refractivity contribution is 7.18. The van der Waals surface area contributed by atoms with E-state index in [1.165, 1.54) is 6.07 Å². The predicted molar refractivity (Wildman–Crippen MR) is 140 cm³/mol. The molecule has 0 saturated carbocycles. The fourth-order valence-corrected chi connectivity index (χ4v) is 4.51. The zero-order chi connectivity index (χ0) is 26.1. The molecule has 0 aliphatic rings. The lowest BCUT2D eigenvalue weighted by Crippen LogP contribution is -2.15. The smallest absolute Gasteiger partial charge is 0.348 e. The van der Waals surface area contributed by atoms with Crippen LogP contribution in [0.5, 0.6) is 5.75 Å². The van der Waals surface area contributed by atoms with Crippen molar-refractivity contribution < 1.29 is 28.6 Å². The quantitative estimate of drug-likeness (QED) is 0.267. The highest BCUT2D eigenvalue weighted by Crippen LogP contribution is 2.35. The van der Waals surface area contributed by atoms with Gasteiger partial charge in [0, 0.05) is 12.0 Å². The zero-order valence-electron chi connectivity index (χ0n) is 20.6. The summed E-state index contributed by atoms with van der Waals surface area (Å²) in [4.78, 5) is 38.7. The molecule has 36 heavy (non-hydrogen) atoms. The Morgan fingerprint density at radius 2 is 1.72 bits per heavy atom. The van der Waals surface area contributed by atoms with Gasteiger partial charge in [-0.05, 0) is 49.6 Å². The lowest BCUT2D eigenvalue weighted by atomic mass is 10.1. The number of carbonyl (C=O) groups is 3. The Kier molecular flexibility index (Phi) is 9.46. The summed E-state index contributed by atoms with van der Waals surface area (Å²) in [5, 5.41) is 2.93. The maximum atomic E-state index is 13.0. The number of ether oxygens (including phenoxy) is 3. The molecule has 9 heteroatoms. The van der Waals surface area contributed by atoms with Gasteiger partial charge in [0.05, 0.1) is 31.1 Å². The molecule has 0 unspecified atom stereocenters. The molecule has 0 radical (unpaired) electrons. The summed E-state index contributed by atoms with van der Waals surface area (Å²) >= 11 is 0.973. The second kappa shape index (κ2) is 12.7. The second-order valence-corrected chi connectivity index (χ2v) is 8.93. The van der Waals surface area contributed by atoms with Crippen LogP contribution in [0.2, 0.25) is 0 Å². The molecule has 0 aliphatic heterocycles. The van der Waals surface area contributed by atoms with Gasteiger partial charge in [-0.1, -0.05) is 37.3 Å². The van der Waals surface area contributed by atoms with Crippen molar-refractivity contribution in [1.82, 2.24) is 0 Å². The lowest BCUT2D eigenvalue weighted by Gasteiger charge is -2.10. The normalized spacial score (nSPS) is 10.5. The third-order valence-electron chi connectivity index (χ3n) is 5.24. The number of esters is 2. The Bertz CT molecular complexity index is 1220. The van der Waals surface area contributed by atoms with Gasteiger partial charge in [-0.3, -0.25) is 4.79 Å². The number of rotatable bonds is 11. The van der Waals surface area contributed by atoms with E-state index >= 15 is 0 Å². The van der Waals surface area contributed by atoms with Crippen LogP contribution >= 0.6 is 11.3 Å². The van der Waals surface area contributed by atoms with E-state index in [9.17, 15) is 14.4 Å². The SMILES string of the molecule is CCCOc1ccc(C(=O)Nc2sc(C(=O)OCCc3ccccc3)c(C)c2C(=O)OCC)cc1N. The van der Waals surface area contributed by atoms with Gasteiger partial charge in [0.2, 0.25) is 0 Å². The van der Waals surface area contributed by atoms with Crippen LogP contribution in [0.15, 0.2) is 48.5 Å². The van der Waals surface area contributed by atoms with Gasteiger partial charge in [0.25, 0.3) is 5.91 Å². The molecule has 3 N–H and O–H groups in total. The average Bonchev–Trinajstić information content (AvgIpc) is 3.19. The van der Waals surface area contributed by atoms with Gasteiger partial charge in [0.15, 0.2) is 0 Å². The number of amides is 1. The molecular formula is C27H30N2O6S. The third-order valence-corrected chi connectivity index (χ3v) is 6.43. The zero-order valence-corrected chi connectivity index (χ0v) is 21.4. The first-order valence-corrected chi connectivity index (χ1v) is 12.5. The molecule has 0 atom stereocenters. The number of nitrogens with two attached hydrogens (primary N) is 1. The van der Waals surface area contributed by atoms with E-state index in [1.54, 1.807) is 26.0 Å². The third kappa shape index (κ3) is 6.63. The van der Waals surface area contributed by atoms with E-state index < -0.39 is 17.8 Å². The molecule has 0 spiro atoms. The summed E-state index contributed by atoms with van der Waals surface area (Å²) in [6.07, 6.45) is 1.39. The molecule has 8 nitrogen and oxygen atoms in total. The molecule has 0 saturated heterocycles. The Morgan fingerprint density at radius 1 is 0.972 bits per heavy atom. The van der Waals surface area contributed by atoms with Crippen LogP contribution in [0.3, 0.4) is 0 Å². The largest absolute Gasteiger partial charge is 0.491 e. The summed E-state index contributed by atoms with van der Waals surface area (Å²) in [5.74, 6) is -1.19. The molecule has 1 aromatic heterocycles.